The molecule has 1 unspecified atom stereocenters. The standard InChI is InChI=1S/C25H21BrN6OS2/c26-17-9-21(35-13-17)23-24(27-11-22(33)31-8-7-15-3-1-2-4-16(15)12-31)30-25(34)32(23)18-5-6-19-20(10-18)29-14-28-19/h1-6,9-10,13-14,23H,7-8,11-12H2,(H,28,29)(H,27,30,34). The van der Waals surface area contributed by atoms with E-state index in [1.807, 2.05) is 39.4 Å². The first-order valence-electron chi connectivity index (χ1n) is 11.2. The Morgan fingerprint density at radius 2 is 2.09 bits per heavy atom. The van der Waals surface area contributed by atoms with Crippen molar-refractivity contribution in [3.05, 3.63) is 80.7 Å². The number of imidazole rings is 1. The summed E-state index contributed by atoms with van der Waals surface area (Å²) in [6, 6.07) is 16.1. The van der Waals surface area contributed by atoms with Crippen molar-refractivity contribution in [3.8, 4) is 0 Å². The molecule has 1 saturated heterocycles. The average molecular weight is 566 g/mol. The molecule has 0 aliphatic carbocycles. The van der Waals surface area contributed by atoms with Crippen molar-refractivity contribution in [2.45, 2.75) is 19.0 Å². The average Bonchev–Trinajstić information content (AvgIpc) is 3.59. The number of nitrogens with zero attached hydrogens (tertiary/aromatic N) is 4. The molecule has 2 aromatic carbocycles. The van der Waals surface area contributed by atoms with E-state index in [-0.39, 0.29) is 18.5 Å². The zero-order valence-electron chi connectivity index (χ0n) is 18.6. The zero-order valence-corrected chi connectivity index (χ0v) is 21.8. The number of aromatic nitrogens is 2. The third kappa shape index (κ3) is 4.26. The number of rotatable bonds is 4. The van der Waals surface area contributed by atoms with Crippen LogP contribution in [0.15, 0.2) is 69.7 Å². The number of amidine groups is 1. The van der Waals surface area contributed by atoms with Gasteiger partial charge in [0.15, 0.2) is 5.11 Å². The number of nitrogens with one attached hydrogen (secondary N) is 2. The van der Waals surface area contributed by atoms with Crippen molar-refractivity contribution < 1.29 is 4.79 Å². The van der Waals surface area contributed by atoms with Gasteiger partial charge in [-0.15, -0.1) is 11.3 Å². The number of anilines is 1. The highest BCUT2D eigenvalue weighted by Gasteiger charge is 2.37. The number of aliphatic imine (C=N–C) groups is 1. The normalized spacial score (nSPS) is 18.8. The maximum Gasteiger partial charge on any atom is 0.244 e. The molecule has 0 spiro atoms. The quantitative estimate of drug-likeness (QED) is 0.348. The second kappa shape index (κ2) is 9.18. The third-order valence-electron chi connectivity index (χ3n) is 6.38. The van der Waals surface area contributed by atoms with Crippen LogP contribution in [0.3, 0.4) is 0 Å². The monoisotopic (exact) mass is 564 g/mol. The van der Waals surface area contributed by atoms with Crippen molar-refractivity contribution in [1.29, 1.82) is 0 Å². The lowest BCUT2D eigenvalue weighted by Gasteiger charge is -2.28. The van der Waals surface area contributed by atoms with E-state index in [1.165, 1.54) is 11.1 Å². The predicted molar refractivity (Wildman–Crippen MR) is 147 cm³/mol. The van der Waals surface area contributed by atoms with Crippen LogP contribution in [0.2, 0.25) is 0 Å². The Balaban J connectivity index is 1.28. The molecule has 2 N–H and O–H groups in total. The van der Waals surface area contributed by atoms with Gasteiger partial charge in [-0.3, -0.25) is 9.79 Å². The number of thiocarbonyl (C=S) groups is 1. The van der Waals surface area contributed by atoms with E-state index in [0.717, 1.165) is 32.5 Å². The zero-order chi connectivity index (χ0) is 23.9. The Hall–Kier alpha value is -3.08. The van der Waals surface area contributed by atoms with Gasteiger partial charge in [0.2, 0.25) is 5.91 Å². The highest BCUT2D eigenvalue weighted by atomic mass is 79.9. The molecular weight excluding hydrogens is 544 g/mol. The fraction of sp³-hybridized carbons (Fsp3) is 0.200. The van der Waals surface area contributed by atoms with Crippen LogP contribution in [-0.2, 0) is 17.8 Å². The lowest BCUT2D eigenvalue weighted by molar-refractivity contribution is -0.130. The summed E-state index contributed by atoms with van der Waals surface area (Å²) in [6.07, 6.45) is 2.55. The van der Waals surface area contributed by atoms with Crippen LogP contribution in [0.25, 0.3) is 11.0 Å². The van der Waals surface area contributed by atoms with Gasteiger partial charge >= 0.3 is 0 Å². The summed E-state index contributed by atoms with van der Waals surface area (Å²) < 4.78 is 1.00. The number of carbonyl (C=O) groups is 1. The lowest BCUT2D eigenvalue weighted by Crippen LogP contribution is -2.37. The first kappa shape index (κ1) is 22.4. The Labute approximate surface area is 220 Å². The van der Waals surface area contributed by atoms with Gasteiger partial charge in [0, 0.05) is 33.5 Å². The van der Waals surface area contributed by atoms with Gasteiger partial charge in [-0.1, -0.05) is 24.3 Å². The molecular formula is C25H21BrN6OS2. The van der Waals surface area contributed by atoms with Crippen molar-refractivity contribution >= 4 is 73.1 Å². The number of aromatic amines is 1. The first-order chi connectivity index (χ1) is 17.1. The molecule has 4 heterocycles. The molecule has 2 aliphatic heterocycles. The summed E-state index contributed by atoms with van der Waals surface area (Å²) >= 11 is 10.9. The molecule has 1 fully saturated rings. The van der Waals surface area contributed by atoms with Crippen molar-refractivity contribution in [1.82, 2.24) is 20.2 Å². The third-order valence-corrected chi connectivity index (χ3v) is 8.42. The van der Waals surface area contributed by atoms with Crippen LogP contribution in [0, 0.1) is 0 Å². The second-order valence-electron chi connectivity index (χ2n) is 8.51. The summed E-state index contributed by atoms with van der Waals surface area (Å²) in [5.41, 5.74) is 5.28. The van der Waals surface area contributed by atoms with Gasteiger partial charge in [0.1, 0.15) is 18.4 Å². The highest BCUT2D eigenvalue weighted by Crippen LogP contribution is 2.37. The summed E-state index contributed by atoms with van der Waals surface area (Å²) in [4.78, 5) is 30.3. The molecule has 1 amide bonds. The summed E-state index contributed by atoms with van der Waals surface area (Å²) in [5, 5.41) is 5.87. The Bertz CT molecular complexity index is 1480. The minimum Gasteiger partial charge on any atom is -0.345 e. The number of benzene rings is 2. The van der Waals surface area contributed by atoms with Crippen LogP contribution < -0.4 is 10.2 Å². The molecule has 0 radical (unpaired) electrons. The van der Waals surface area contributed by atoms with Gasteiger partial charge in [-0.05, 0) is 70.0 Å². The summed E-state index contributed by atoms with van der Waals surface area (Å²) in [6.45, 7) is 1.41. The van der Waals surface area contributed by atoms with E-state index in [4.69, 9.17) is 17.2 Å². The largest absolute Gasteiger partial charge is 0.345 e. The number of hydrogen-bond acceptors (Lipinski definition) is 5. The van der Waals surface area contributed by atoms with Gasteiger partial charge in [-0.2, -0.15) is 0 Å². The van der Waals surface area contributed by atoms with E-state index >= 15 is 0 Å². The molecule has 10 heteroatoms. The van der Waals surface area contributed by atoms with Crippen molar-refractivity contribution in [3.63, 3.8) is 0 Å². The van der Waals surface area contributed by atoms with Crippen LogP contribution in [0.5, 0.6) is 0 Å². The van der Waals surface area contributed by atoms with Gasteiger partial charge in [0.05, 0.1) is 17.4 Å². The molecule has 35 heavy (non-hydrogen) atoms. The fourth-order valence-electron chi connectivity index (χ4n) is 4.64. The van der Waals surface area contributed by atoms with Crippen LogP contribution >= 0.6 is 39.5 Å². The number of amides is 1. The number of carbonyl (C=O) groups excluding carboxylic acids is 1. The fourth-order valence-corrected chi connectivity index (χ4v) is 6.49. The van der Waals surface area contributed by atoms with E-state index in [0.29, 0.717) is 24.0 Å². The summed E-state index contributed by atoms with van der Waals surface area (Å²) in [5.74, 6) is 0.697. The van der Waals surface area contributed by atoms with Gasteiger partial charge in [0.25, 0.3) is 0 Å². The van der Waals surface area contributed by atoms with Crippen LogP contribution in [-0.4, -0.2) is 44.8 Å². The van der Waals surface area contributed by atoms with E-state index in [9.17, 15) is 4.79 Å². The van der Waals surface area contributed by atoms with E-state index < -0.39 is 0 Å². The number of fused-ring (bicyclic) bond motifs is 2. The number of thiophene rings is 1. The van der Waals surface area contributed by atoms with Crippen LogP contribution in [0.4, 0.5) is 5.69 Å². The van der Waals surface area contributed by atoms with E-state index in [1.54, 1.807) is 17.7 Å². The highest BCUT2D eigenvalue weighted by molar-refractivity contribution is 9.10. The molecule has 176 valence electrons. The van der Waals surface area contributed by atoms with Crippen LogP contribution in [0.1, 0.15) is 22.0 Å². The Morgan fingerprint density at radius 3 is 2.91 bits per heavy atom. The molecule has 0 bridgehead atoms. The molecule has 7 nitrogen and oxygen atoms in total. The molecule has 2 aromatic heterocycles. The van der Waals surface area contributed by atoms with Gasteiger partial charge < -0.3 is 20.1 Å². The number of H-pyrrole nitrogens is 1. The number of halogens is 1. The Morgan fingerprint density at radius 1 is 1.23 bits per heavy atom. The molecule has 6 rings (SSSR count). The maximum atomic E-state index is 13.1. The Kier molecular flexibility index (Phi) is 5.87. The number of hydrogen-bond donors (Lipinski definition) is 2. The second-order valence-corrected chi connectivity index (χ2v) is 10.8. The van der Waals surface area contributed by atoms with Crippen molar-refractivity contribution in [2.75, 3.05) is 18.0 Å². The molecule has 2 aliphatic rings. The lowest BCUT2D eigenvalue weighted by atomic mass is 10.00. The smallest absolute Gasteiger partial charge is 0.244 e. The predicted octanol–water partition coefficient (Wildman–Crippen LogP) is 4.81. The minimum atomic E-state index is -0.242. The maximum absolute atomic E-state index is 13.1. The van der Waals surface area contributed by atoms with Gasteiger partial charge in [-0.25, -0.2) is 4.98 Å². The summed E-state index contributed by atoms with van der Waals surface area (Å²) in [7, 11) is 0. The first-order valence-corrected chi connectivity index (χ1v) is 13.3. The topological polar surface area (TPSA) is 76.6 Å². The van der Waals surface area contributed by atoms with E-state index in [2.05, 4.69) is 55.5 Å². The SMILES string of the molecule is O=C(C/N=C1\NC(=S)N(c2ccc3nc[nH]c3c2)C1c1cc(Br)cs1)N1CCc2ccccc2C1. The molecule has 4 aromatic rings. The molecule has 1 atom stereocenters. The van der Waals surface area contributed by atoms with Crippen molar-refractivity contribution in [2.24, 2.45) is 4.99 Å². The molecule has 0 saturated carbocycles. The minimum absolute atomic E-state index is 0.0168.